The molecule has 0 atom stereocenters. The number of carbonyl (C=O) groups is 2. The number of likely N-dealkylation sites (tertiary alicyclic amines) is 1. The quantitative estimate of drug-likeness (QED) is 0.469. The molecule has 0 aliphatic carbocycles. The molecular weight excluding hydrogens is 422 g/mol. The average Bonchev–Trinajstić information content (AvgIpc) is 3.40. The molecule has 3 aromatic rings. The molecule has 2 aliphatic heterocycles. The van der Waals surface area contributed by atoms with Gasteiger partial charge in [-0.3, -0.25) is 14.6 Å². The Bertz CT molecular complexity index is 1280. The number of H-pyrrole nitrogens is 1. The van der Waals surface area contributed by atoms with Gasteiger partial charge in [-0.25, -0.2) is 0 Å². The Morgan fingerprint density at radius 3 is 2.48 bits per heavy atom. The molecule has 0 saturated carbocycles. The first-order valence-electron chi connectivity index (χ1n) is 11.0. The lowest BCUT2D eigenvalue weighted by Gasteiger charge is -2.29. The molecule has 8 heteroatoms. The second kappa shape index (κ2) is 8.27. The number of nitrogens with one attached hydrogen (secondary N) is 1. The van der Waals surface area contributed by atoms with Gasteiger partial charge in [0.15, 0.2) is 23.2 Å². The van der Waals surface area contributed by atoms with Crippen LogP contribution in [0.1, 0.15) is 48.2 Å². The Hall–Kier alpha value is -3.81. The van der Waals surface area contributed by atoms with Crippen LogP contribution in [-0.4, -0.2) is 58.3 Å². The van der Waals surface area contributed by atoms with Crippen molar-refractivity contribution in [2.75, 3.05) is 19.9 Å². The van der Waals surface area contributed by atoms with Gasteiger partial charge in [0.1, 0.15) is 0 Å². The van der Waals surface area contributed by atoms with E-state index in [1.54, 1.807) is 25.1 Å². The maximum atomic E-state index is 12.0. The summed E-state index contributed by atoms with van der Waals surface area (Å²) >= 11 is 0. The molecule has 1 aromatic heterocycles. The summed E-state index contributed by atoms with van der Waals surface area (Å²) in [7, 11) is 0. The minimum Gasteiger partial charge on any atom is -0.494 e. The zero-order chi connectivity index (χ0) is 23.1. The zero-order valence-electron chi connectivity index (χ0n) is 18.6. The Balaban J connectivity index is 1.63. The van der Waals surface area contributed by atoms with Crippen molar-refractivity contribution in [1.29, 1.82) is 0 Å². The number of nitrogens with zero attached hydrogens (tertiary/aromatic N) is 2. The van der Waals surface area contributed by atoms with Crippen molar-refractivity contribution in [3.05, 3.63) is 53.1 Å². The molecule has 2 N–H and O–H groups in total. The lowest BCUT2D eigenvalue weighted by molar-refractivity contribution is -0.129. The zero-order valence-corrected chi connectivity index (χ0v) is 18.6. The summed E-state index contributed by atoms with van der Waals surface area (Å²) in [5, 5.41) is 11.6. The van der Waals surface area contributed by atoms with Crippen molar-refractivity contribution >= 4 is 28.3 Å². The predicted molar refractivity (Wildman–Crippen MR) is 123 cm³/mol. The Labute approximate surface area is 190 Å². The smallest absolute Gasteiger partial charge is 0.231 e. The SMILES string of the molecule is CC(=O)c1ccc2[nH]c(O)c(C(=NC3CCN(C(C)=O)CC3)c3ccc4c(c3)OCO4)c2c1. The number of amides is 1. The largest absolute Gasteiger partial charge is 0.494 e. The molecule has 2 aromatic carbocycles. The number of Topliss-reactive ketones (excluding diaryl/α,β-unsaturated/α-hetero) is 1. The van der Waals surface area contributed by atoms with Crippen molar-refractivity contribution in [3.8, 4) is 17.4 Å². The number of carbonyl (C=O) groups excluding carboxylic acids is 2. The first-order chi connectivity index (χ1) is 15.9. The van der Waals surface area contributed by atoms with Gasteiger partial charge in [0.05, 0.1) is 17.3 Å². The monoisotopic (exact) mass is 447 g/mol. The molecule has 1 fully saturated rings. The third-order valence-corrected chi connectivity index (χ3v) is 6.29. The first kappa shape index (κ1) is 21.1. The molecule has 0 bridgehead atoms. The van der Waals surface area contributed by atoms with Crippen LogP contribution in [0, 0.1) is 0 Å². The summed E-state index contributed by atoms with van der Waals surface area (Å²) < 4.78 is 11.0. The first-order valence-corrected chi connectivity index (χ1v) is 11.0. The van der Waals surface area contributed by atoms with Gasteiger partial charge in [-0.15, -0.1) is 0 Å². The molecule has 3 heterocycles. The highest BCUT2D eigenvalue weighted by Crippen LogP contribution is 2.36. The topological polar surface area (TPSA) is 104 Å². The number of hydrogen-bond donors (Lipinski definition) is 2. The van der Waals surface area contributed by atoms with Gasteiger partial charge in [-0.1, -0.05) is 0 Å². The number of hydrogen-bond acceptors (Lipinski definition) is 6. The van der Waals surface area contributed by atoms with Crippen LogP contribution in [-0.2, 0) is 4.79 Å². The minimum absolute atomic E-state index is 0.0108. The van der Waals surface area contributed by atoms with E-state index in [-0.39, 0.29) is 30.4 Å². The Morgan fingerprint density at radius 1 is 1.03 bits per heavy atom. The van der Waals surface area contributed by atoms with E-state index >= 15 is 0 Å². The Morgan fingerprint density at radius 2 is 1.76 bits per heavy atom. The van der Waals surface area contributed by atoms with Crippen molar-refractivity contribution in [1.82, 2.24) is 9.88 Å². The maximum absolute atomic E-state index is 12.0. The lowest BCUT2D eigenvalue weighted by Crippen LogP contribution is -2.38. The molecule has 33 heavy (non-hydrogen) atoms. The van der Waals surface area contributed by atoms with Crippen LogP contribution in [0.25, 0.3) is 10.9 Å². The van der Waals surface area contributed by atoms with E-state index in [4.69, 9.17) is 14.5 Å². The molecule has 0 unspecified atom stereocenters. The van der Waals surface area contributed by atoms with Crippen LogP contribution in [0.5, 0.6) is 17.4 Å². The predicted octanol–water partition coefficient (Wildman–Crippen LogP) is 3.65. The van der Waals surface area contributed by atoms with Crippen LogP contribution >= 0.6 is 0 Å². The Kier molecular flexibility index (Phi) is 5.28. The highest BCUT2D eigenvalue weighted by Gasteiger charge is 2.25. The number of aromatic hydroxyl groups is 1. The van der Waals surface area contributed by atoms with Gasteiger partial charge in [0.25, 0.3) is 0 Å². The van der Waals surface area contributed by atoms with E-state index in [9.17, 15) is 14.7 Å². The standard InChI is InChI=1S/C25H25N3O5/c1-14(29)16-3-5-20-19(11-16)23(25(31)27-20)24(17-4-6-21-22(12-17)33-13-32-21)26-18-7-9-28(10-8-18)15(2)30/h3-6,11-12,18,27,31H,7-10,13H2,1-2H3. The van der Waals surface area contributed by atoms with Gasteiger partial charge >= 0.3 is 0 Å². The van der Waals surface area contributed by atoms with E-state index < -0.39 is 0 Å². The van der Waals surface area contributed by atoms with E-state index in [0.717, 1.165) is 23.8 Å². The second-order valence-electron chi connectivity index (χ2n) is 8.45. The number of rotatable bonds is 4. The third-order valence-electron chi connectivity index (χ3n) is 6.29. The van der Waals surface area contributed by atoms with Crippen LogP contribution in [0.2, 0.25) is 0 Å². The summed E-state index contributed by atoms with van der Waals surface area (Å²) in [6.07, 6.45) is 1.46. The number of aliphatic imine (C=N–C) groups is 1. The highest BCUT2D eigenvalue weighted by molar-refractivity contribution is 6.22. The number of aromatic nitrogens is 1. The summed E-state index contributed by atoms with van der Waals surface area (Å²) in [5.74, 6) is 1.29. The number of ether oxygens (including phenoxy) is 2. The average molecular weight is 447 g/mol. The fraction of sp³-hybridized carbons (Fsp3) is 0.320. The van der Waals surface area contributed by atoms with E-state index in [2.05, 4.69) is 4.98 Å². The van der Waals surface area contributed by atoms with E-state index in [1.807, 2.05) is 23.1 Å². The molecule has 0 spiro atoms. The molecule has 1 saturated heterocycles. The van der Waals surface area contributed by atoms with Crippen LogP contribution < -0.4 is 9.47 Å². The van der Waals surface area contributed by atoms with Gasteiger partial charge in [-0.2, -0.15) is 0 Å². The molecule has 8 nitrogen and oxygen atoms in total. The minimum atomic E-state index is -0.0540. The van der Waals surface area contributed by atoms with Crippen molar-refractivity contribution in [2.45, 2.75) is 32.7 Å². The lowest BCUT2D eigenvalue weighted by atomic mass is 9.97. The normalized spacial score (nSPS) is 16.4. The number of ketones is 1. The number of benzene rings is 2. The number of aromatic amines is 1. The number of piperidine rings is 1. The van der Waals surface area contributed by atoms with Gasteiger partial charge in [0, 0.05) is 42.0 Å². The third kappa shape index (κ3) is 3.92. The van der Waals surface area contributed by atoms with Crippen LogP contribution in [0.4, 0.5) is 0 Å². The van der Waals surface area contributed by atoms with Gasteiger partial charge in [-0.05, 0) is 56.2 Å². The fourth-order valence-corrected chi connectivity index (χ4v) is 4.46. The van der Waals surface area contributed by atoms with Crippen LogP contribution in [0.3, 0.4) is 0 Å². The molecule has 170 valence electrons. The summed E-state index contributed by atoms with van der Waals surface area (Å²) in [4.78, 5) is 33.6. The molecule has 5 rings (SSSR count). The summed E-state index contributed by atoms with van der Waals surface area (Å²) in [5.41, 5.74) is 3.20. The van der Waals surface area contributed by atoms with Crippen molar-refractivity contribution < 1.29 is 24.2 Å². The van der Waals surface area contributed by atoms with Crippen molar-refractivity contribution in [2.24, 2.45) is 4.99 Å². The molecule has 0 radical (unpaired) electrons. The van der Waals surface area contributed by atoms with E-state index in [1.165, 1.54) is 6.92 Å². The molecular formula is C25H25N3O5. The maximum Gasteiger partial charge on any atom is 0.231 e. The summed E-state index contributed by atoms with van der Waals surface area (Å²) in [6.45, 7) is 4.55. The second-order valence-corrected chi connectivity index (χ2v) is 8.45. The summed E-state index contributed by atoms with van der Waals surface area (Å²) in [6, 6.07) is 10.9. The van der Waals surface area contributed by atoms with Crippen LogP contribution in [0.15, 0.2) is 41.4 Å². The van der Waals surface area contributed by atoms with E-state index in [0.29, 0.717) is 46.9 Å². The van der Waals surface area contributed by atoms with Crippen molar-refractivity contribution in [3.63, 3.8) is 0 Å². The highest BCUT2D eigenvalue weighted by atomic mass is 16.7. The van der Waals surface area contributed by atoms with Gasteiger partial charge in [0.2, 0.25) is 12.7 Å². The molecule has 1 amide bonds. The number of fused-ring (bicyclic) bond motifs is 2. The fourth-order valence-electron chi connectivity index (χ4n) is 4.46. The molecule has 2 aliphatic rings. The van der Waals surface area contributed by atoms with Gasteiger partial charge < -0.3 is 24.5 Å².